The zero-order valence-corrected chi connectivity index (χ0v) is 18.7. The van der Waals surface area contributed by atoms with Gasteiger partial charge >= 0.3 is 0 Å². The Hall–Kier alpha value is -2.98. The fourth-order valence-electron chi connectivity index (χ4n) is 2.88. The summed E-state index contributed by atoms with van der Waals surface area (Å²) in [5.74, 6) is -0.138. The van der Waals surface area contributed by atoms with Crippen molar-refractivity contribution in [2.24, 2.45) is 10.2 Å². The van der Waals surface area contributed by atoms with Crippen molar-refractivity contribution >= 4 is 37.9 Å². The van der Waals surface area contributed by atoms with Crippen LogP contribution < -0.4 is 4.72 Å². The van der Waals surface area contributed by atoms with Gasteiger partial charge in [0.25, 0.3) is 10.0 Å². The number of thiazole rings is 1. The molecule has 0 amide bonds. The molecule has 0 bridgehead atoms. The van der Waals surface area contributed by atoms with Crippen molar-refractivity contribution in [3.8, 4) is 11.5 Å². The van der Waals surface area contributed by atoms with Gasteiger partial charge in [0.15, 0.2) is 5.13 Å². The van der Waals surface area contributed by atoms with E-state index in [1.165, 1.54) is 47.9 Å². The fourth-order valence-corrected chi connectivity index (χ4v) is 4.67. The van der Waals surface area contributed by atoms with Crippen LogP contribution in [-0.4, -0.2) is 23.6 Å². The van der Waals surface area contributed by atoms with Crippen molar-refractivity contribution in [2.75, 3.05) is 4.72 Å². The Kier molecular flexibility index (Phi) is 7.59. The molecule has 8 nitrogen and oxygen atoms in total. The second-order valence-corrected chi connectivity index (χ2v) is 9.49. The predicted molar refractivity (Wildman–Crippen MR) is 121 cm³/mol. The Morgan fingerprint density at radius 1 is 1.03 bits per heavy atom. The van der Waals surface area contributed by atoms with Crippen LogP contribution in [0.25, 0.3) is 0 Å². The van der Waals surface area contributed by atoms with Gasteiger partial charge in [-0.25, -0.2) is 13.4 Å². The van der Waals surface area contributed by atoms with Crippen molar-refractivity contribution < 1.29 is 18.6 Å². The van der Waals surface area contributed by atoms with Gasteiger partial charge in [-0.05, 0) is 48.7 Å². The first-order valence-electron chi connectivity index (χ1n) is 9.88. The van der Waals surface area contributed by atoms with Crippen LogP contribution in [0.5, 0.6) is 11.5 Å². The van der Waals surface area contributed by atoms with Gasteiger partial charge in [0.05, 0.1) is 10.6 Å². The molecule has 0 saturated carbocycles. The number of aryl methyl sites for hydroxylation is 1. The summed E-state index contributed by atoms with van der Waals surface area (Å²) in [6.45, 7) is 2.13. The number of benzene rings is 2. The highest BCUT2D eigenvalue weighted by Gasteiger charge is 2.15. The molecule has 10 heteroatoms. The number of sulfonamides is 1. The van der Waals surface area contributed by atoms with Crippen LogP contribution in [-0.2, 0) is 16.4 Å². The highest BCUT2D eigenvalue weighted by molar-refractivity contribution is 7.93. The Balaban J connectivity index is 1.71. The molecule has 0 fully saturated rings. The Bertz CT molecular complexity index is 1130. The average molecular weight is 461 g/mol. The summed E-state index contributed by atoms with van der Waals surface area (Å²) in [4.78, 5) is 3.98. The number of hydrogen-bond acceptors (Lipinski definition) is 8. The second-order valence-electron chi connectivity index (χ2n) is 6.92. The number of azo groups is 1. The molecule has 0 spiro atoms. The van der Waals surface area contributed by atoms with Crippen LogP contribution >= 0.6 is 11.3 Å². The van der Waals surface area contributed by atoms with E-state index in [9.17, 15) is 18.6 Å². The van der Waals surface area contributed by atoms with Crippen molar-refractivity contribution in [3.63, 3.8) is 0 Å². The normalized spacial score (nSPS) is 11.8. The third-order valence-corrected chi connectivity index (χ3v) is 6.72. The van der Waals surface area contributed by atoms with E-state index in [1.54, 1.807) is 11.4 Å². The molecule has 3 rings (SSSR count). The minimum absolute atomic E-state index is 0.0373. The largest absolute Gasteiger partial charge is 0.508 e. The standard InChI is InChI=1S/C21H24N4O4S2/c1-2-3-4-5-6-15-13-18(20(27)14-19(15)26)24-23-16-7-9-17(10-8-16)31(28,29)25-21-22-11-12-30-21/h7-14,26-27H,2-6H2,1H3,(H,22,25). The van der Waals surface area contributed by atoms with Crippen LogP contribution in [0.2, 0.25) is 0 Å². The lowest BCUT2D eigenvalue weighted by atomic mass is 10.0. The van der Waals surface area contributed by atoms with Gasteiger partial charge in [-0.15, -0.1) is 16.5 Å². The number of nitrogens with zero attached hydrogens (tertiary/aromatic N) is 3. The Labute approximate surface area is 185 Å². The summed E-state index contributed by atoms with van der Waals surface area (Å²) in [6, 6.07) is 8.76. The SMILES string of the molecule is CCCCCCc1cc(N=Nc2ccc(S(=O)(=O)Nc3nccs3)cc2)c(O)cc1O. The quantitative estimate of drug-likeness (QED) is 0.257. The van der Waals surface area contributed by atoms with E-state index in [-0.39, 0.29) is 27.2 Å². The molecule has 1 heterocycles. The van der Waals surface area contributed by atoms with Crippen molar-refractivity contribution in [1.29, 1.82) is 0 Å². The van der Waals surface area contributed by atoms with Crippen LogP contribution in [0.15, 0.2) is 63.1 Å². The smallest absolute Gasteiger partial charge is 0.263 e. The highest BCUT2D eigenvalue weighted by Crippen LogP contribution is 2.35. The minimum Gasteiger partial charge on any atom is -0.508 e. The van der Waals surface area contributed by atoms with Gasteiger partial charge in [0, 0.05) is 17.6 Å². The minimum atomic E-state index is -3.74. The molecule has 1 aromatic heterocycles. The topological polar surface area (TPSA) is 124 Å². The van der Waals surface area contributed by atoms with Gasteiger partial charge < -0.3 is 10.2 Å². The molecule has 0 saturated heterocycles. The van der Waals surface area contributed by atoms with Gasteiger partial charge in [0.1, 0.15) is 17.2 Å². The van der Waals surface area contributed by atoms with E-state index < -0.39 is 10.0 Å². The zero-order chi connectivity index (χ0) is 22.3. The summed E-state index contributed by atoms with van der Waals surface area (Å²) >= 11 is 1.19. The number of rotatable bonds is 10. The van der Waals surface area contributed by atoms with E-state index in [0.29, 0.717) is 17.7 Å². The molecular weight excluding hydrogens is 436 g/mol. The molecule has 0 aliphatic rings. The summed E-state index contributed by atoms with van der Waals surface area (Å²) < 4.78 is 27.2. The molecule has 0 aliphatic carbocycles. The fraction of sp³-hybridized carbons (Fsp3) is 0.286. The molecule has 3 N–H and O–H groups in total. The van der Waals surface area contributed by atoms with Crippen LogP contribution in [0.1, 0.15) is 38.2 Å². The first kappa shape index (κ1) is 22.7. The number of aromatic hydroxyl groups is 2. The lowest BCUT2D eigenvalue weighted by molar-refractivity contribution is 0.445. The highest BCUT2D eigenvalue weighted by atomic mass is 32.2. The Morgan fingerprint density at radius 3 is 2.48 bits per heavy atom. The van der Waals surface area contributed by atoms with Crippen LogP contribution in [0.3, 0.4) is 0 Å². The summed E-state index contributed by atoms with van der Waals surface area (Å²) in [5.41, 5.74) is 1.37. The number of nitrogens with one attached hydrogen (secondary N) is 1. The molecule has 31 heavy (non-hydrogen) atoms. The first-order valence-corrected chi connectivity index (χ1v) is 12.2. The van der Waals surface area contributed by atoms with Gasteiger partial charge in [0.2, 0.25) is 0 Å². The van der Waals surface area contributed by atoms with Crippen LogP contribution in [0.4, 0.5) is 16.5 Å². The van der Waals surface area contributed by atoms with Crippen molar-refractivity contribution in [1.82, 2.24) is 4.98 Å². The van der Waals surface area contributed by atoms with Gasteiger partial charge in [-0.3, -0.25) is 4.72 Å². The number of aromatic nitrogens is 1. The number of anilines is 1. The third kappa shape index (κ3) is 6.25. The molecule has 0 radical (unpaired) electrons. The van der Waals surface area contributed by atoms with Crippen molar-refractivity contribution in [3.05, 3.63) is 53.5 Å². The number of unbranched alkanes of at least 4 members (excludes halogenated alkanes) is 3. The molecule has 2 aromatic carbocycles. The molecule has 0 atom stereocenters. The number of phenols is 2. The van der Waals surface area contributed by atoms with E-state index in [2.05, 4.69) is 26.9 Å². The van der Waals surface area contributed by atoms with E-state index in [1.807, 2.05) is 0 Å². The molecule has 0 unspecified atom stereocenters. The second kappa shape index (κ2) is 10.4. The lowest BCUT2D eigenvalue weighted by Crippen LogP contribution is -2.12. The molecular formula is C21H24N4O4S2. The maximum absolute atomic E-state index is 12.4. The van der Waals surface area contributed by atoms with Gasteiger partial charge in [-0.2, -0.15) is 5.11 Å². The summed E-state index contributed by atoms with van der Waals surface area (Å²) in [6.07, 6.45) is 6.47. The maximum Gasteiger partial charge on any atom is 0.263 e. The van der Waals surface area contributed by atoms with Crippen LogP contribution in [0, 0.1) is 0 Å². The molecule has 164 valence electrons. The lowest BCUT2D eigenvalue weighted by Gasteiger charge is -2.07. The maximum atomic E-state index is 12.4. The first-order chi connectivity index (χ1) is 14.9. The predicted octanol–water partition coefficient (Wildman–Crippen LogP) is 5.89. The average Bonchev–Trinajstić information content (AvgIpc) is 3.24. The molecule has 0 aliphatic heterocycles. The summed E-state index contributed by atoms with van der Waals surface area (Å²) in [5, 5.41) is 30.2. The number of hydrogen-bond donors (Lipinski definition) is 3. The summed E-state index contributed by atoms with van der Waals surface area (Å²) in [7, 11) is -3.74. The number of phenolic OH excluding ortho intramolecular Hbond substituents is 2. The van der Waals surface area contributed by atoms with E-state index in [4.69, 9.17) is 0 Å². The van der Waals surface area contributed by atoms with E-state index in [0.717, 1.165) is 25.7 Å². The monoisotopic (exact) mass is 460 g/mol. The zero-order valence-electron chi connectivity index (χ0n) is 17.0. The van der Waals surface area contributed by atoms with E-state index >= 15 is 0 Å². The third-order valence-electron chi connectivity index (χ3n) is 4.55. The van der Waals surface area contributed by atoms with Crippen molar-refractivity contribution in [2.45, 2.75) is 43.9 Å². The molecule has 3 aromatic rings. The Morgan fingerprint density at radius 2 is 1.81 bits per heavy atom. The van der Waals surface area contributed by atoms with Gasteiger partial charge in [-0.1, -0.05) is 26.2 Å².